The predicted octanol–water partition coefficient (Wildman–Crippen LogP) is 2.14. The van der Waals surface area contributed by atoms with E-state index in [1.54, 1.807) is 22.5 Å². The first kappa shape index (κ1) is 16.9. The molecule has 0 amide bonds. The van der Waals surface area contributed by atoms with Gasteiger partial charge in [0.25, 0.3) is 0 Å². The molecule has 3 heterocycles. The fraction of sp³-hybridized carbons (Fsp3) is 0.375. The second-order valence-electron chi connectivity index (χ2n) is 5.69. The number of anilines is 1. The van der Waals surface area contributed by atoms with Gasteiger partial charge in [0.15, 0.2) is 0 Å². The van der Waals surface area contributed by atoms with Gasteiger partial charge in [0.1, 0.15) is 11.9 Å². The van der Waals surface area contributed by atoms with E-state index >= 15 is 0 Å². The monoisotopic (exact) mass is 362 g/mol. The van der Waals surface area contributed by atoms with Crippen molar-refractivity contribution in [2.75, 3.05) is 31.1 Å². The van der Waals surface area contributed by atoms with Gasteiger partial charge >= 0.3 is 0 Å². The van der Waals surface area contributed by atoms with Crippen LogP contribution in [-0.4, -0.2) is 43.9 Å². The van der Waals surface area contributed by atoms with Gasteiger partial charge in [-0.1, -0.05) is 0 Å². The number of nitriles is 1. The molecule has 0 unspecified atom stereocenters. The minimum Gasteiger partial charge on any atom is -0.354 e. The van der Waals surface area contributed by atoms with Crippen molar-refractivity contribution < 1.29 is 8.42 Å². The zero-order valence-electron chi connectivity index (χ0n) is 13.6. The third-order valence-electron chi connectivity index (χ3n) is 4.05. The quantitative estimate of drug-likeness (QED) is 0.836. The van der Waals surface area contributed by atoms with Gasteiger partial charge in [-0.05, 0) is 32.0 Å². The van der Waals surface area contributed by atoms with Crippen molar-refractivity contribution in [2.45, 2.75) is 18.7 Å². The largest absolute Gasteiger partial charge is 0.354 e. The number of aryl methyl sites for hydroxylation is 2. The highest BCUT2D eigenvalue weighted by molar-refractivity contribution is 7.89. The van der Waals surface area contributed by atoms with Crippen LogP contribution in [0.15, 0.2) is 29.3 Å². The van der Waals surface area contributed by atoms with Gasteiger partial charge in [-0.2, -0.15) is 9.57 Å². The molecule has 1 saturated heterocycles. The van der Waals surface area contributed by atoms with Crippen molar-refractivity contribution in [3.8, 4) is 6.07 Å². The number of thiophene rings is 1. The maximum absolute atomic E-state index is 12.8. The summed E-state index contributed by atoms with van der Waals surface area (Å²) < 4.78 is 27.2. The van der Waals surface area contributed by atoms with Crippen molar-refractivity contribution in [1.29, 1.82) is 5.26 Å². The zero-order valence-corrected chi connectivity index (χ0v) is 15.2. The van der Waals surface area contributed by atoms with Crippen molar-refractivity contribution in [3.63, 3.8) is 0 Å². The van der Waals surface area contributed by atoms with Crippen LogP contribution in [0.4, 0.5) is 5.82 Å². The number of aromatic nitrogens is 1. The van der Waals surface area contributed by atoms with E-state index in [9.17, 15) is 8.42 Å². The lowest BCUT2D eigenvalue weighted by atomic mass is 10.3. The average molecular weight is 362 g/mol. The summed E-state index contributed by atoms with van der Waals surface area (Å²) in [6.45, 7) is 5.80. The Hall–Kier alpha value is -1.95. The highest BCUT2D eigenvalue weighted by atomic mass is 32.2. The summed E-state index contributed by atoms with van der Waals surface area (Å²) >= 11 is 1.51. The van der Waals surface area contributed by atoms with E-state index < -0.39 is 10.0 Å². The van der Waals surface area contributed by atoms with Crippen LogP contribution >= 0.6 is 11.3 Å². The van der Waals surface area contributed by atoms with Crippen molar-refractivity contribution in [2.24, 2.45) is 0 Å². The molecule has 24 heavy (non-hydrogen) atoms. The number of rotatable bonds is 3. The summed E-state index contributed by atoms with van der Waals surface area (Å²) in [5, 5.41) is 8.82. The number of nitrogens with zero attached hydrogens (tertiary/aromatic N) is 4. The first-order valence-electron chi connectivity index (χ1n) is 7.60. The highest BCUT2D eigenvalue weighted by Crippen LogP contribution is 2.28. The van der Waals surface area contributed by atoms with Gasteiger partial charge in [-0.15, -0.1) is 11.3 Å². The number of sulfonamides is 1. The summed E-state index contributed by atoms with van der Waals surface area (Å²) in [6, 6.07) is 7.32. The maximum atomic E-state index is 12.8. The Balaban J connectivity index is 1.72. The van der Waals surface area contributed by atoms with Gasteiger partial charge < -0.3 is 4.90 Å². The molecule has 0 radical (unpaired) electrons. The molecule has 126 valence electrons. The highest BCUT2D eigenvalue weighted by Gasteiger charge is 2.30. The molecule has 1 fully saturated rings. The molecule has 8 heteroatoms. The van der Waals surface area contributed by atoms with Gasteiger partial charge in [0, 0.05) is 42.1 Å². The molecule has 2 aromatic heterocycles. The SMILES string of the molecule is Cc1cc(S(=O)(=O)N2CCN(c3ccc(C#N)cn3)CC2)c(C)s1. The Kier molecular flexibility index (Phi) is 4.58. The topological polar surface area (TPSA) is 77.3 Å². The average Bonchev–Trinajstić information content (AvgIpc) is 2.94. The maximum Gasteiger partial charge on any atom is 0.244 e. The summed E-state index contributed by atoms with van der Waals surface area (Å²) in [5.41, 5.74) is 0.517. The fourth-order valence-corrected chi connectivity index (χ4v) is 5.75. The Labute approximate surface area is 146 Å². The summed E-state index contributed by atoms with van der Waals surface area (Å²) in [7, 11) is -3.43. The van der Waals surface area contributed by atoms with Crippen LogP contribution in [0.25, 0.3) is 0 Å². The number of hydrogen-bond acceptors (Lipinski definition) is 6. The summed E-state index contributed by atoms with van der Waals surface area (Å²) in [5.74, 6) is 0.772. The molecule has 1 aliphatic rings. The van der Waals surface area contributed by atoms with Gasteiger partial charge in [0.2, 0.25) is 10.0 Å². The van der Waals surface area contributed by atoms with Crippen LogP contribution in [0.1, 0.15) is 15.3 Å². The summed E-state index contributed by atoms with van der Waals surface area (Å²) in [6.07, 6.45) is 1.54. The first-order valence-corrected chi connectivity index (χ1v) is 9.86. The molecule has 1 aliphatic heterocycles. The second kappa shape index (κ2) is 6.51. The van der Waals surface area contributed by atoms with Crippen LogP contribution in [0.5, 0.6) is 0 Å². The minimum atomic E-state index is -3.43. The normalized spacial score (nSPS) is 16.1. The molecular weight excluding hydrogens is 344 g/mol. The van der Waals surface area contributed by atoms with Crippen molar-refractivity contribution in [1.82, 2.24) is 9.29 Å². The van der Waals surface area contributed by atoms with Crippen LogP contribution in [-0.2, 0) is 10.0 Å². The van der Waals surface area contributed by atoms with Crippen molar-refractivity contribution in [3.05, 3.63) is 39.7 Å². The van der Waals surface area contributed by atoms with Crippen molar-refractivity contribution >= 4 is 27.2 Å². The van der Waals surface area contributed by atoms with E-state index in [2.05, 4.69) is 4.98 Å². The van der Waals surface area contributed by atoms with Crippen LogP contribution in [0.3, 0.4) is 0 Å². The Morgan fingerprint density at radius 1 is 1.21 bits per heavy atom. The van der Waals surface area contributed by atoms with Gasteiger partial charge in [0.05, 0.1) is 10.5 Å². The van der Waals surface area contributed by atoms with E-state index in [1.165, 1.54) is 17.5 Å². The van der Waals surface area contributed by atoms with Crippen LogP contribution < -0.4 is 4.90 Å². The Morgan fingerprint density at radius 3 is 2.42 bits per heavy atom. The predicted molar refractivity (Wildman–Crippen MR) is 93.7 cm³/mol. The standard InChI is InChI=1S/C16H18N4O2S2/c1-12-9-15(13(2)23-12)24(21,22)20-7-5-19(6-8-20)16-4-3-14(10-17)11-18-16/h3-4,9,11H,5-8H2,1-2H3. The number of pyridine rings is 1. The van der Waals surface area contributed by atoms with Crippen LogP contribution in [0, 0.1) is 25.2 Å². The second-order valence-corrected chi connectivity index (χ2v) is 9.05. The Bertz CT molecular complexity index is 874. The molecule has 0 atom stereocenters. The fourth-order valence-electron chi connectivity index (χ4n) is 2.80. The van der Waals surface area contributed by atoms with E-state index in [0.717, 1.165) is 15.6 Å². The first-order chi connectivity index (χ1) is 11.4. The smallest absolute Gasteiger partial charge is 0.244 e. The minimum absolute atomic E-state index is 0.426. The molecule has 0 bridgehead atoms. The lowest BCUT2D eigenvalue weighted by Crippen LogP contribution is -2.48. The third-order valence-corrected chi connectivity index (χ3v) is 7.17. The summed E-state index contributed by atoms with van der Waals surface area (Å²) in [4.78, 5) is 8.58. The number of piperazine rings is 1. The zero-order chi connectivity index (χ0) is 17.3. The van der Waals surface area contributed by atoms with E-state index in [1.807, 2.05) is 24.8 Å². The molecule has 2 aromatic rings. The molecule has 0 spiro atoms. The molecule has 0 aliphatic carbocycles. The van der Waals surface area contributed by atoms with E-state index in [-0.39, 0.29) is 0 Å². The third kappa shape index (κ3) is 3.15. The molecule has 6 nitrogen and oxygen atoms in total. The lowest BCUT2D eigenvalue weighted by Gasteiger charge is -2.34. The van der Waals surface area contributed by atoms with E-state index in [0.29, 0.717) is 36.6 Å². The molecule has 0 N–H and O–H groups in total. The van der Waals surface area contributed by atoms with Gasteiger partial charge in [-0.25, -0.2) is 13.4 Å². The van der Waals surface area contributed by atoms with Gasteiger partial charge in [-0.3, -0.25) is 0 Å². The number of hydrogen-bond donors (Lipinski definition) is 0. The lowest BCUT2D eigenvalue weighted by molar-refractivity contribution is 0.384. The Morgan fingerprint density at radius 2 is 1.92 bits per heavy atom. The molecule has 0 aromatic carbocycles. The van der Waals surface area contributed by atoms with Crippen LogP contribution in [0.2, 0.25) is 0 Å². The molecule has 3 rings (SSSR count). The molecular formula is C16H18N4O2S2. The molecule has 0 saturated carbocycles. The van der Waals surface area contributed by atoms with E-state index in [4.69, 9.17) is 5.26 Å².